The number of hydrogen-bond donors (Lipinski definition) is 1. The van der Waals surface area contributed by atoms with Gasteiger partial charge in [-0.2, -0.15) is 0 Å². The number of aryl methyl sites for hydroxylation is 2. The van der Waals surface area contributed by atoms with Crippen molar-refractivity contribution in [3.63, 3.8) is 0 Å². The van der Waals surface area contributed by atoms with E-state index in [0.717, 1.165) is 46.8 Å². The Bertz CT molecular complexity index is 1110. The second-order valence-electron chi connectivity index (χ2n) is 7.47. The van der Waals surface area contributed by atoms with E-state index in [1.54, 1.807) is 11.3 Å². The summed E-state index contributed by atoms with van der Waals surface area (Å²) in [5, 5.41) is 10.0. The predicted octanol–water partition coefficient (Wildman–Crippen LogP) is 5.80. The minimum absolute atomic E-state index is 0.117. The molecule has 3 aromatic rings. The topological polar surface area (TPSA) is 63.8 Å². The SMILES string of the molecule is [C-]#[N+]c1ccc(-c2nc(CCOc3ccc4c(c3)CC[C@H]4CC(=O)O)c(C)s2)cc1. The van der Waals surface area contributed by atoms with Gasteiger partial charge in [0.15, 0.2) is 5.69 Å². The zero-order chi connectivity index (χ0) is 21.1. The number of carboxylic acids is 1. The van der Waals surface area contributed by atoms with E-state index >= 15 is 0 Å². The number of ether oxygens (including phenoxy) is 1. The minimum Gasteiger partial charge on any atom is -0.493 e. The van der Waals surface area contributed by atoms with Gasteiger partial charge in [0, 0.05) is 16.9 Å². The molecule has 0 spiro atoms. The summed E-state index contributed by atoms with van der Waals surface area (Å²) in [5.41, 5.74) is 5.04. The highest BCUT2D eigenvalue weighted by Gasteiger charge is 2.24. The molecule has 152 valence electrons. The quantitative estimate of drug-likeness (QED) is 0.493. The number of benzene rings is 2. The zero-order valence-electron chi connectivity index (χ0n) is 16.7. The second kappa shape index (κ2) is 8.68. The first-order valence-corrected chi connectivity index (χ1v) is 10.8. The van der Waals surface area contributed by atoms with Crippen molar-refractivity contribution in [3.8, 4) is 16.3 Å². The van der Waals surface area contributed by atoms with Crippen LogP contribution in [-0.2, 0) is 17.6 Å². The molecule has 0 saturated heterocycles. The molecule has 4 rings (SSSR count). The molecule has 1 N–H and O–H groups in total. The Morgan fingerprint density at radius 1 is 1.30 bits per heavy atom. The lowest BCUT2D eigenvalue weighted by atomic mass is 9.98. The summed E-state index contributed by atoms with van der Waals surface area (Å²) in [6.07, 6.45) is 2.72. The molecule has 1 atom stereocenters. The molecule has 0 radical (unpaired) electrons. The van der Waals surface area contributed by atoms with E-state index in [4.69, 9.17) is 21.4 Å². The lowest BCUT2D eigenvalue weighted by Gasteiger charge is -2.10. The molecule has 0 fully saturated rings. The average Bonchev–Trinajstić information content (AvgIpc) is 3.31. The van der Waals surface area contributed by atoms with Gasteiger partial charge in [-0.05, 0) is 48.9 Å². The van der Waals surface area contributed by atoms with Gasteiger partial charge in [0.25, 0.3) is 0 Å². The molecule has 5 nitrogen and oxygen atoms in total. The number of carboxylic acid groups (broad SMARTS) is 1. The van der Waals surface area contributed by atoms with Crippen LogP contribution in [0.5, 0.6) is 5.75 Å². The van der Waals surface area contributed by atoms with E-state index in [-0.39, 0.29) is 12.3 Å². The van der Waals surface area contributed by atoms with Crippen LogP contribution in [0.3, 0.4) is 0 Å². The van der Waals surface area contributed by atoms with Crippen molar-refractivity contribution in [3.05, 3.63) is 75.6 Å². The third kappa shape index (κ3) is 4.37. The lowest BCUT2D eigenvalue weighted by Crippen LogP contribution is -2.04. The molecule has 0 aliphatic heterocycles. The zero-order valence-corrected chi connectivity index (χ0v) is 17.5. The summed E-state index contributed by atoms with van der Waals surface area (Å²) in [7, 11) is 0. The number of carbonyl (C=O) groups is 1. The number of rotatable bonds is 7. The Labute approximate surface area is 179 Å². The summed E-state index contributed by atoms with van der Waals surface area (Å²) in [6, 6.07) is 13.5. The van der Waals surface area contributed by atoms with Crippen molar-refractivity contribution in [2.45, 2.75) is 38.5 Å². The molecule has 0 amide bonds. The van der Waals surface area contributed by atoms with Crippen LogP contribution in [0.1, 0.15) is 40.5 Å². The Morgan fingerprint density at radius 3 is 2.83 bits per heavy atom. The van der Waals surface area contributed by atoms with E-state index in [1.165, 1.54) is 10.4 Å². The molecular weight excluding hydrogens is 396 g/mol. The van der Waals surface area contributed by atoms with Crippen molar-refractivity contribution in [2.24, 2.45) is 0 Å². The number of fused-ring (bicyclic) bond motifs is 1. The van der Waals surface area contributed by atoms with Crippen molar-refractivity contribution in [1.82, 2.24) is 4.98 Å². The summed E-state index contributed by atoms with van der Waals surface area (Å²) < 4.78 is 5.97. The highest BCUT2D eigenvalue weighted by Crippen LogP contribution is 2.37. The van der Waals surface area contributed by atoms with Gasteiger partial charge in [-0.15, -0.1) is 11.3 Å². The fraction of sp³-hybridized carbons (Fsp3) is 0.292. The van der Waals surface area contributed by atoms with Crippen molar-refractivity contribution < 1.29 is 14.6 Å². The first-order chi connectivity index (χ1) is 14.5. The molecule has 1 heterocycles. The van der Waals surface area contributed by atoms with Gasteiger partial charge in [-0.1, -0.05) is 30.3 Å². The first kappa shape index (κ1) is 20.1. The number of hydrogen-bond acceptors (Lipinski definition) is 4. The Hall–Kier alpha value is -3.17. The van der Waals surface area contributed by atoms with Crippen molar-refractivity contribution in [1.29, 1.82) is 0 Å². The largest absolute Gasteiger partial charge is 0.493 e. The number of aliphatic carboxylic acids is 1. The minimum atomic E-state index is -0.742. The van der Waals surface area contributed by atoms with E-state index in [1.807, 2.05) is 36.4 Å². The van der Waals surface area contributed by atoms with Crippen LogP contribution in [0.15, 0.2) is 42.5 Å². The first-order valence-electron chi connectivity index (χ1n) is 9.95. The molecule has 0 bridgehead atoms. The second-order valence-corrected chi connectivity index (χ2v) is 8.68. The highest BCUT2D eigenvalue weighted by atomic mass is 32.1. The summed E-state index contributed by atoms with van der Waals surface area (Å²) in [5.74, 6) is 0.201. The van der Waals surface area contributed by atoms with Gasteiger partial charge >= 0.3 is 5.97 Å². The summed E-state index contributed by atoms with van der Waals surface area (Å²) >= 11 is 1.66. The monoisotopic (exact) mass is 418 g/mol. The van der Waals surface area contributed by atoms with Gasteiger partial charge in [0.05, 0.1) is 25.3 Å². The fourth-order valence-electron chi connectivity index (χ4n) is 3.92. The maximum atomic E-state index is 11.0. The van der Waals surface area contributed by atoms with Crippen LogP contribution in [-0.4, -0.2) is 22.7 Å². The van der Waals surface area contributed by atoms with Crippen molar-refractivity contribution >= 4 is 23.0 Å². The fourth-order valence-corrected chi connectivity index (χ4v) is 4.89. The molecule has 1 aliphatic carbocycles. The summed E-state index contributed by atoms with van der Waals surface area (Å²) in [4.78, 5) is 20.4. The van der Waals surface area contributed by atoms with Crippen LogP contribution in [0.2, 0.25) is 0 Å². The molecule has 30 heavy (non-hydrogen) atoms. The summed E-state index contributed by atoms with van der Waals surface area (Å²) in [6.45, 7) is 9.67. The van der Waals surface area contributed by atoms with Gasteiger partial charge in [-0.3, -0.25) is 4.79 Å². The van der Waals surface area contributed by atoms with E-state index in [2.05, 4.69) is 17.8 Å². The third-order valence-electron chi connectivity index (χ3n) is 5.48. The van der Waals surface area contributed by atoms with Crippen LogP contribution < -0.4 is 4.74 Å². The Morgan fingerprint density at radius 2 is 2.10 bits per heavy atom. The molecule has 2 aromatic carbocycles. The number of nitrogens with zero attached hydrogens (tertiary/aromatic N) is 2. The normalized spacial score (nSPS) is 14.9. The lowest BCUT2D eigenvalue weighted by molar-refractivity contribution is -0.137. The van der Waals surface area contributed by atoms with Crippen molar-refractivity contribution in [2.75, 3.05) is 6.61 Å². The molecule has 0 saturated carbocycles. The van der Waals surface area contributed by atoms with E-state index < -0.39 is 5.97 Å². The van der Waals surface area contributed by atoms with E-state index in [0.29, 0.717) is 12.3 Å². The smallest absolute Gasteiger partial charge is 0.303 e. The van der Waals surface area contributed by atoms with Gasteiger partial charge in [-0.25, -0.2) is 9.83 Å². The van der Waals surface area contributed by atoms with E-state index in [9.17, 15) is 4.79 Å². The van der Waals surface area contributed by atoms with Gasteiger partial charge in [0.2, 0.25) is 0 Å². The maximum absolute atomic E-state index is 11.0. The Balaban J connectivity index is 1.37. The van der Waals surface area contributed by atoms with Gasteiger partial charge < -0.3 is 9.84 Å². The Kier molecular flexibility index (Phi) is 5.82. The van der Waals surface area contributed by atoms with Crippen LogP contribution in [0.25, 0.3) is 15.4 Å². The highest BCUT2D eigenvalue weighted by molar-refractivity contribution is 7.15. The van der Waals surface area contributed by atoms with Crippen LogP contribution in [0, 0.1) is 13.5 Å². The predicted molar refractivity (Wildman–Crippen MR) is 118 cm³/mol. The number of aromatic nitrogens is 1. The molecule has 0 unspecified atom stereocenters. The molecular formula is C24H22N2O3S. The van der Waals surface area contributed by atoms with Crippen LogP contribution in [0.4, 0.5) is 5.69 Å². The van der Waals surface area contributed by atoms with Gasteiger partial charge in [0.1, 0.15) is 10.8 Å². The molecule has 1 aliphatic rings. The van der Waals surface area contributed by atoms with Crippen LogP contribution >= 0.6 is 11.3 Å². The maximum Gasteiger partial charge on any atom is 0.303 e. The third-order valence-corrected chi connectivity index (χ3v) is 6.54. The molecule has 1 aromatic heterocycles. The number of thiazole rings is 1. The molecule has 6 heteroatoms. The standard InChI is InChI=1S/C24H22N2O3S/c1-15-22(26-24(30-15)16-5-7-19(25-2)8-6-16)11-12-29-20-9-10-21-17(13-20)3-4-18(21)14-23(27)28/h5-10,13,18H,3-4,11-12,14H2,1H3,(H,27,28)/t18-/m0/s1. The average molecular weight is 419 g/mol.